The van der Waals surface area contributed by atoms with Crippen molar-refractivity contribution < 1.29 is 27.9 Å². The summed E-state index contributed by atoms with van der Waals surface area (Å²) in [4.78, 5) is 11.5. The monoisotopic (exact) mass is 324 g/mol. The maximum absolute atomic E-state index is 12.9. The van der Waals surface area contributed by atoms with Gasteiger partial charge >= 0.3 is 5.97 Å². The molecular weight excluding hydrogens is 310 g/mol. The molecule has 0 saturated heterocycles. The fourth-order valence-electron chi connectivity index (χ4n) is 2.26. The number of aromatic carboxylic acids is 1. The van der Waals surface area contributed by atoms with Gasteiger partial charge in [0.2, 0.25) is 0 Å². The minimum atomic E-state index is -2.68. The van der Waals surface area contributed by atoms with Crippen LogP contribution in [0.2, 0.25) is 0 Å². The number of methoxy groups -OCH3 is 1. The Morgan fingerprint density at radius 3 is 2.65 bits per heavy atom. The second-order valence-electron chi connectivity index (χ2n) is 5.31. The maximum atomic E-state index is 12.9. The van der Waals surface area contributed by atoms with Crippen LogP contribution in [-0.2, 0) is 0 Å². The zero-order valence-electron chi connectivity index (χ0n) is 12.2. The zero-order valence-corrected chi connectivity index (χ0v) is 12.2. The van der Waals surface area contributed by atoms with Crippen LogP contribution in [0.4, 0.5) is 14.6 Å². The summed E-state index contributed by atoms with van der Waals surface area (Å²) in [5, 5.41) is 15.7. The third-order valence-electron chi connectivity index (χ3n) is 3.73. The first kappa shape index (κ1) is 15.3. The standard InChI is InChI=1S/C15H14F2N2O4/c1-22-10-4-2-8(3-5-10)12-11(14(20)21)13(19-23-12)18-7-9-6-15(9,16)17/h2-5,9H,6-7H2,1H3,(H,18,19)(H,20,21). The lowest BCUT2D eigenvalue weighted by Crippen LogP contribution is -2.11. The Labute approximate surface area is 130 Å². The van der Waals surface area contributed by atoms with E-state index in [9.17, 15) is 18.7 Å². The van der Waals surface area contributed by atoms with Crippen LogP contribution in [-0.4, -0.2) is 35.8 Å². The van der Waals surface area contributed by atoms with Crippen molar-refractivity contribution in [1.29, 1.82) is 0 Å². The number of nitrogens with zero attached hydrogens (tertiary/aromatic N) is 1. The van der Waals surface area contributed by atoms with Crippen molar-refractivity contribution in [3.63, 3.8) is 0 Å². The normalized spacial score (nSPS) is 18.5. The molecule has 0 aliphatic heterocycles. The third-order valence-corrected chi connectivity index (χ3v) is 3.73. The fourth-order valence-corrected chi connectivity index (χ4v) is 2.26. The Bertz CT molecular complexity index is 728. The molecule has 6 nitrogen and oxygen atoms in total. The minimum absolute atomic E-state index is 0.0500. The molecule has 122 valence electrons. The maximum Gasteiger partial charge on any atom is 0.343 e. The molecule has 1 fully saturated rings. The first-order valence-corrected chi connectivity index (χ1v) is 6.91. The molecule has 8 heteroatoms. The predicted octanol–water partition coefficient (Wildman–Crippen LogP) is 3.12. The highest BCUT2D eigenvalue weighted by Crippen LogP contribution is 2.48. The summed E-state index contributed by atoms with van der Waals surface area (Å²) in [6, 6.07) is 6.57. The molecule has 1 saturated carbocycles. The van der Waals surface area contributed by atoms with Crippen LogP contribution in [0.5, 0.6) is 5.75 Å². The number of carboxylic acids is 1. The van der Waals surface area contributed by atoms with Gasteiger partial charge < -0.3 is 19.7 Å². The van der Waals surface area contributed by atoms with Crippen molar-refractivity contribution in [3.8, 4) is 17.1 Å². The molecule has 1 aromatic heterocycles. The molecule has 23 heavy (non-hydrogen) atoms. The topological polar surface area (TPSA) is 84.6 Å². The average Bonchev–Trinajstić information content (AvgIpc) is 2.95. The number of halogens is 2. The molecule has 2 aromatic rings. The van der Waals surface area contributed by atoms with Crippen LogP contribution in [0.25, 0.3) is 11.3 Å². The second kappa shape index (κ2) is 5.53. The van der Waals surface area contributed by atoms with Gasteiger partial charge in [0.15, 0.2) is 17.1 Å². The van der Waals surface area contributed by atoms with Crippen molar-refractivity contribution in [2.24, 2.45) is 5.92 Å². The van der Waals surface area contributed by atoms with Crippen molar-refractivity contribution in [3.05, 3.63) is 29.8 Å². The zero-order chi connectivity index (χ0) is 16.6. The number of hydrogen-bond donors (Lipinski definition) is 2. The van der Waals surface area contributed by atoms with Crippen molar-refractivity contribution in [2.75, 3.05) is 19.0 Å². The van der Waals surface area contributed by atoms with Crippen LogP contribution in [0, 0.1) is 5.92 Å². The van der Waals surface area contributed by atoms with Gasteiger partial charge in [0.05, 0.1) is 7.11 Å². The molecule has 1 atom stereocenters. The molecule has 1 aliphatic rings. The van der Waals surface area contributed by atoms with E-state index in [2.05, 4.69) is 10.5 Å². The van der Waals surface area contributed by atoms with E-state index in [-0.39, 0.29) is 30.1 Å². The number of carboxylic acid groups (broad SMARTS) is 1. The summed E-state index contributed by atoms with van der Waals surface area (Å²) in [6.07, 6.45) is -0.203. The first-order chi connectivity index (χ1) is 10.9. The highest BCUT2D eigenvalue weighted by Gasteiger charge is 2.56. The summed E-state index contributed by atoms with van der Waals surface area (Å²) in [7, 11) is 1.52. The van der Waals surface area contributed by atoms with Gasteiger partial charge in [-0.2, -0.15) is 0 Å². The predicted molar refractivity (Wildman–Crippen MR) is 77.0 cm³/mol. The molecule has 0 amide bonds. The SMILES string of the molecule is COc1ccc(-c2onc(NCC3CC3(F)F)c2C(=O)O)cc1. The minimum Gasteiger partial charge on any atom is -0.497 e. The van der Waals surface area contributed by atoms with Crippen molar-refractivity contribution >= 4 is 11.8 Å². The number of benzene rings is 1. The van der Waals surface area contributed by atoms with E-state index in [0.717, 1.165) is 0 Å². The lowest BCUT2D eigenvalue weighted by molar-refractivity contribution is 0.0698. The van der Waals surface area contributed by atoms with Gasteiger partial charge in [-0.05, 0) is 24.3 Å². The Kier molecular flexibility index (Phi) is 3.67. The molecule has 0 spiro atoms. The molecule has 1 aromatic carbocycles. The van der Waals surface area contributed by atoms with Gasteiger partial charge in [-0.15, -0.1) is 0 Å². The quantitative estimate of drug-likeness (QED) is 0.849. The number of anilines is 1. The van der Waals surface area contributed by atoms with Crippen molar-refractivity contribution in [2.45, 2.75) is 12.3 Å². The molecule has 0 bridgehead atoms. The molecular formula is C15H14F2N2O4. The number of hydrogen-bond acceptors (Lipinski definition) is 5. The molecule has 1 aliphatic carbocycles. The van der Waals surface area contributed by atoms with E-state index >= 15 is 0 Å². The van der Waals surface area contributed by atoms with E-state index in [0.29, 0.717) is 11.3 Å². The summed E-state index contributed by atoms with van der Waals surface area (Å²) >= 11 is 0. The second-order valence-corrected chi connectivity index (χ2v) is 5.31. The van der Waals surface area contributed by atoms with Crippen LogP contribution >= 0.6 is 0 Å². The third kappa shape index (κ3) is 2.96. The van der Waals surface area contributed by atoms with E-state index in [4.69, 9.17) is 9.26 Å². The lowest BCUT2D eigenvalue weighted by Gasteiger charge is -2.04. The molecule has 3 rings (SSSR count). The van der Waals surface area contributed by atoms with E-state index in [1.165, 1.54) is 7.11 Å². The van der Waals surface area contributed by atoms with Crippen LogP contribution in [0.15, 0.2) is 28.8 Å². The lowest BCUT2D eigenvalue weighted by atomic mass is 10.1. The highest BCUT2D eigenvalue weighted by molar-refractivity contribution is 5.99. The van der Waals surface area contributed by atoms with E-state index in [1.54, 1.807) is 24.3 Å². The number of carbonyl (C=O) groups is 1. The van der Waals surface area contributed by atoms with E-state index < -0.39 is 17.8 Å². The molecule has 2 N–H and O–H groups in total. The Balaban J connectivity index is 1.84. The molecule has 1 unspecified atom stereocenters. The van der Waals surface area contributed by atoms with Gasteiger partial charge in [-0.3, -0.25) is 0 Å². The Morgan fingerprint density at radius 2 is 2.13 bits per heavy atom. The highest BCUT2D eigenvalue weighted by atomic mass is 19.3. The summed E-state index contributed by atoms with van der Waals surface area (Å²) in [5.74, 6) is -4.11. The number of aromatic nitrogens is 1. The summed E-state index contributed by atoms with van der Waals surface area (Å²) < 4.78 is 35.9. The number of alkyl halides is 2. The van der Waals surface area contributed by atoms with Crippen molar-refractivity contribution in [1.82, 2.24) is 5.16 Å². The van der Waals surface area contributed by atoms with Gasteiger partial charge in [-0.25, -0.2) is 13.6 Å². The van der Waals surface area contributed by atoms with Gasteiger partial charge in [0, 0.05) is 24.4 Å². The Morgan fingerprint density at radius 1 is 1.48 bits per heavy atom. The summed E-state index contributed by atoms with van der Waals surface area (Å²) in [6.45, 7) is -0.0537. The Hall–Kier alpha value is -2.64. The number of ether oxygens (including phenoxy) is 1. The first-order valence-electron chi connectivity index (χ1n) is 6.91. The van der Waals surface area contributed by atoms with Crippen LogP contribution in [0.3, 0.4) is 0 Å². The van der Waals surface area contributed by atoms with Gasteiger partial charge in [-0.1, -0.05) is 5.16 Å². The van der Waals surface area contributed by atoms with E-state index in [1.807, 2.05) is 0 Å². The number of rotatable bonds is 6. The smallest absolute Gasteiger partial charge is 0.343 e. The molecule has 1 heterocycles. The summed E-state index contributed by atoms with van der Waals surface area (Å²) in [5.41, 5.74) is 0.319. The van der Waals surface area contributed by atoms with Gasteiger partial charge in [0.25, 0.3) is 5.92 Å². The average molecular weight is 324 g/mol. The van der Waals surface area contributed by atoms with Crippen LogP contribution in [0.1, 0.15) is 16.8 Å². The van der Waals surface area contributed by atoms with Crippen LogP contribution < -0.4 is 10.1 Å². The number of nitrogens with one attached hydrogen (secondary N) is 1. The van der Waals surface area contributed by atoms with Gasteiger partial charge in [0.1, 0.15) is 5.75 Å². The largest absolute Gasteiger partial charge is 0.497 e. The molecule has 0 radical (unpaired) electrons. The fraction of sp³-hybridized carbons (Fsp3) is 0.333.